The Morgan fingerprint density at radius 2 is 1.26 bits per heavy atom. The van der Waals surface area contributed by atoms with Gasteiger partial charge in [-0.15, -0.1) is 0 Å². The number of unbranched alkanes of at least 4 members (excludes halogenated alkanes) is 12. The molecular weight excluding hydrogens is 388 g/mol. The first kappa shape index (κ1) is 27.7. The van der Waals surface area contributed by atoms with Gasteiger partial charge in [0.1, 0.15) is 6.10 Å². The normalized spacial score (nSPS) is 19.5. The van der Waals surface area contributed by atoms with E-state index in [-0.39, 0.29) is 18.0 Å². The number of carboxylic acid groups (broad SMARTS) is 1. The number of carboxylic acids is 1. The maximum Gasteiger partial charge on any atom is 0.310 e. The lowest BCUT2D eigenvalue weighted by molar-refractivity contribution is -0.164. The maximum absolute atomic E-state index is 12.6. The predicted octanol–water partition coefficient (Wildman–Crippen LogP) is 7.70. The Bertz CT molecular complexity index is 511. The van der Waals surface area contributed by atoms with Gasteiger partial charge in [-0.3, -0.25) is 9.59 Å². The summed E-state index contributed by atoms with van der Waals surface area (Å²) in [6, 6.07) is 0. The third-order valence-electron chi connectivity index (χ3n) is 6.66. The Balaban J connectivity index is 2.14. The largest absolute Gasteiger partial charge is 0.481 e. The molecule has 0 aromatic carbocycles. The number of rotatable bonds is 18. The number of hydrogen-bond donors (Lipinski definition) is 1. The lowest BCUT2D eigenvalue weighted by Gasteiger charge is -2.28. The number of allylic oxidation sites excluding steroid dienone is 2. The number of carbonyl (C=O) groups is 2. The van der Waals surface area contributed by atoms with Crippen molar-refractivity contribution < 1.29 is 19.4 Å². The molecule has 31 heavy (non-hydrogen) atoms. The summed E-state index contributed by atoms with van der Waals surface area (Å²) in [5, 5.41) is 9.39. The van der Waals surface area contributed by atoms with Crippen LogP contribution in [0.1, 0.15) is 124 Å². The number of hydrogen-bond acceptors (Lipinski definition) is 3. The van der Waals surface area contributed by atoms with Crippen molar-refractivity contribution in [3.63, 3.8) is 0 Å². The lowest BCUT2D eigenvalue weighted by atomic mass is 9.83. The highest BCUT2D eigenvalue weighted by atomic mass is 16.5. The molecule has 4 nitrogen and oxygen atoms in total. The number of carbonyl (C=O) groups excluding carboxylic acids is 1. The van der Waals surface area contributed by atoms with Crippen LogP contribution in [0.15, 0.2) is 12.2 Å². The summed E-state index contributed by atoms with van der Waals surface area (Å²) in [7, 11) is 0. The Labute approximate surface area is 191 Å². The average Bonchev–Trinajstić information content (AvgIpc) is 2.75. The van der Waals surface area contributed by atoms with Gasteiger partial charge in [0.2, 0.25) is 0 Å². The fourth-order valence-electron chi connectivity index (χ4n) is 4.48. The van der Waals surface area contributed by atoms with E-state index in [1.54, 1.807) is 0 Å². The predicted molar refractivity (Wildman–Crippen MR) is 128 cm³/mol. The van der Waals surface area contributed by atoms with E-state index in [2.05, 4.69) is 20.8 Å². The van der Waals surface area contributed by atoms with Crippen molar-refractivity contribution in [2.75, 3.05) is 0 Å². The van der Waals surface area contributed by atoms with E-state index in [0.29, 0.717) is 12.8 Å². The van der Waals surface area contributed by atoms with Gasteiger partial charge in [0, 0.05) is 0 Å². The molecule has 180 valence electrons. The highest BCUT2D eigenvalue weighted by Crippen LogP contribution is 2.29. The van der Waals surface area contributed by atoms with Crippen molar-refractivity contribution in [3.8, 4) is 0 Å². The first-order valence-electron chi connectivity index (χ1n) is 13.1. The van der Waals surface area contributed by atoms with Crippen LogP contribution >= 0.6 is 0 Å². The van der Waals surface area contributed by atoms with Gasteiger partial charge < -0.3 is 9.84 Å². The van der Waals surface area contributed by atoms with E-state index in [1.807, 2.05) is 12.2 Å². The zero-order valence-corrected chi connectivity index (χ0v) is 20.4. The highest BCUT2D eigenvalue weighted by molar-refractivity contribution is 5.81. The third kappa shape index (κ3) is 12.3. The van der Waals surface area contributed by atoms with Gasteiger partial charge >= 0.3 is 11.9 Å². The molecule has 4 heteroatoms. The van der Waals surface area contributed by atoms with E-state index in [1.165, 1.54) is 77.0 Å². The van der Waals surface area contributed by atoms with Crippen LogP contribution in [-0.2, 0) is 14.3 Å². The molecule has 0 aromatic rings. The number of aliphatic carboxylic acids is 1. The Hall–Kier alpha value is -1.32. The van der Waals surface area contributed by atoms with E-state index in [0.717, 1.165) is 12.8 Å². The van der Waals surface area contributed by atoms with E-state index in [4.69, 9.17) is 4.74 Å². The molecule has 0 aromatic heterocycles. The fourth-order valence-corrected chi connectivity index (χ4v) is 4.48. The summed E-state index contributed by atoms with van der Waals surface area (Å²) >= 11 is 0. The van der Waals surface area contributed by atoms with Crippen LogP contribution in [0.3, 0.4) is 0 Å². The van der Waals surface area contributed by atoms with E-state index < -0.39 is 17.8 Å². The minimum Gasteiger partial charge on any atom is -0.481 e. The van der Waals surface area contributed by atoms with Crippen molar-refractivity contribution in [1.82, 2.24) is 0 Å². The Morgan fingerprint density at radius 3 is 1.71 bits per heavy atom. The molecule has 3 atom stereocenters. The van der Waals surface area contributed by atoms with Gasteiger partial charge in [0.15, 0.2) is 0 Å². The summed E-state index contributed by atoms with van der Waals surface area (Å²) < 4.78 is 5.80. The Morgan fingerprint density at radius 1 is 0.806 bits per heavy atom. The quantitative estimate of drug-likeness (QED) is 0.136. The molecular formula is C27H48O4. The summed E-state index contributed by atoms with van der Waals surface area (Å²) in [5.41, 5.74) is 0. The molecule has 3 unspecified atom stereocenters. The van der Waals surface area contributed by atoms with Gasteiger partial charge in [0.05, 0.1) is 11.8 Å². The van der Waals surface area contributed by atoms with E-state index >= 15 is 0 Å². The lowest BCUT2D eigenvalue weighted by Crippen LogP contribution is -2.35. The van der Waals surface area contributed by atoms with E-state index in [9.17, 15) is 14.7 Å². The number of esters is 1. The highest BCUT2D eigenvalue weighted by Gasteiger charge is 2.36. The first-order valence-corrected chi connectivity index (χ1v) is 13.1. The summed E-state index contributed by atoms with van der Waals surface area (Å²) in [4.78, 5) is 24.1. The van der Waals surface area contributed by atoms with Crippen LogP contribution in [0.4, 0.5) is 0 Å². The molecule has 0 radical (unpaired) electrons. The van der Waals surface area contributed by atoms with Gasteiger partial charge in [-0.1, -0.05) is 110 Å². The van der Waals surface area contributed by atoms with Crippen LogP contribution in [0.5, 0.6) is 0 Å². The molecule has 0 bridgehead atoms. The molecule has 0 heterocycles. The van der Waals surface area contributed by atoms with Crippen molar-refractivity contribution in [1.29, 1.82) is 0 Å². The molecule has 0 saturated heterocycles. The molecule has 1 N–H and O–H groups in total. The maximum atomic E-state index is 12.6. The molecule has 1 aliphatic rings. The topological polar surface area (TPSA) is 63.6 Å². The molecule has 0 amide bonds. The second kappa shape index (κ2) is 17.3. The van der Waals surface area contributed by atoms with Crippen molar-refractivity contribution >= 4 is 11.9 Å². The first-order chi connectivity index (χ1) is 15.0. The van der Waals surface area contributed by atoms with Gasteiger partial charge in [-0.25, -0.2) is 0 Å². The third-order valence-corrected chi connectivity index (χ3v) is 6.66. The summed E-state index contributed by atoms with van der Waals surface area (Å²) in [5.74, 6) is -2.17. The second-order valence-electron chi connectivity index (χ2n) is 9.74. The zero-order valence-electron chi connectivity index (χ0n) is 20.4. The standard InChI is InChI=1S/C27H48O4/c1-4-5-6-7-8-9-10-11-12-13-14-15-16-21-25(22(2)3)31-27(30)24-20-18-17-19-23(24)26(28)29/h17-18,22-25H,4-16,19-21H2,1-3H3,(H,28,29). The van der Waals surface area contributed by atoms with Crippen LogP contribution in [0, 0.1) is 17.8 Å². The molecule has 1 rings (SSSR count). The molecule has 0 spiro atoms. The van der Waals surface area contributed by atoms with Crippen molar-refractivity contribution in [3.05, 3.63) is 12.2 Å². The van der Waals surface area contributed by atoms with Gasteiger partial charge in [0.25, 0.3) is 0 Å². The van der Waals surface area contributed by atoms with Crippen LogP contribution in [0.2, 0.25) is 0 Å². The Kier molecular flexibility index (Phi) is 15.4. The minimum absolute atomic E-state index is 0.111. The average molecular weight is 437 g/mol. The van der Waals surface area contributed by atoms with Crippen molar-refractivity contribution in [2.45, 2.75) is 130 Å². The summed E-state index contributed by atoms with van der Waals surface area (Å²) in [6.07, 6.45) is 22.6. The molecule has 0 saturated carbocycles. The van der Waals surface area contributed by atoms with Crippen LogP contribution < -0.4 is 0 Å². The van der Waals surface area contributed by atoms with Crippen molar-refractivity contribution in [2.24, 2.45) is 17.8 Å². The number of ether oxygens (including phenoxy) is 1. The van der Waals surface area contributed by atoms with Crippen LogP contribution in [-0.4, -0.2) is 23.1 Å². The molecule has 0 aliphatic heterocycles. The molecule has 1 aliphatic carbocycles. The SMILES string of the molecule is CCCCCCCCCCCCCCCC(OC(=O)C1CC=CCC1C(=O)O)C(C)C. The van der Waals surface area contributed by atoms with Crippen LogP contribution in [0.25, 0.3) is 0 Å². The monoisotopic (exact) mass is 436 g/mol. The zero-order chi connectivity index (χ0) is 22.9. The second-order valence-corrected chi connectivity index (χ2v) is 9.74. The fraction of sp³-hybridized carbons (Fsp3) is 0.852. The van der Waals surface area contributed by atoms with Gasteiger partial charge in [-0.2, -0.15) is 0 Å². The smallest absolute Gasteiger partial charge is 0.310 e. The molecule has 0 fully saturated rings. The van der Waals surface area contributed by atoms with Gasteiger partial charge in [-0.05, 0) is 31.6 Å². The summed E-state index contributed by atoms with van der Waals surface area (Å²) in [6.45, 7) is 6.42. The minimum atomic E-state index is -0.899.